The molecule has 26 heavy (non-hydrogen) atoms. The average Bonchev–Trinajstić information content (AvgIpc) is 2.95. The monoisotopic (exact) mass is 374 g/mol. The third-order valence-electron chi connectivity index (χ3n) is 4.29. The summed E-state index contributed by atoms with van der Waals surface area (Å²) in [7, 11) is 3.12. The summed E-state index contributed by atoms with van der Waals surface area (Å²) >= 11 is 1.26. The van der Waals surface area contributed by atoms with Crippen molar-refractivity contribution in [3.05, 3.63) is 34.3 Å². The van der Waals surface area contributed by atoms with E-state index in [1.54, 1.807) is 26.4 Å². The van der Waals surface area contributed by atoms with Crippen LogP contribution >= 0.6 is 11.3 Å². The van der Waals surface area contributed by atoms with Crippen molar-refractivity contribution in [2.75, 3.05) is 19.5 Å². The number of benzene rings is 1. The third-order valence-corrected chi connectivity index (χ3v) is 5.35. The zero-order chi connectivity index (χ0) is 18.9. The summed E-state index contributed by atoms with van der Waals surface area (Å²) < 4.78 is 10.5. The standard InChI is InChI=1S/C19H22N2O4S/c1-19(2)9-12-17(13(22)10-19)26-18(20-12)21-16(23)8-11-5-6-14(24-3)15(7-11)25-4/h5-7H,8-10H2,1-4H3,(H,20,21,23). The summed E-state index contributed by atoms with van der Waals surface area (Å²) in [6, 6.07) is 5.36. The first kappa shape index (κ1) is 18.4. The Morgan fingerprint density at radius 1 is 1.23 bits per heavy atom. The number of carbonyl (C=O) groups is 2. The molecule has 1 aliphatic rings. The lowest BCUT2D eigenvalue weighted by Crippen LogP contribution is -2.26. The van der Waals surface area contributed by atoms with E-state index in [4.69, 9.17) is 9.47 Å². The summed E-state index contributed by atoms with van der Waals surface area (Å²) in [6.45, 7) is 4.12. The number of rotatable bonds is 5. The number of hydrogen-bond donors (Lipinski definition) is 1. The van der Waals surface area contributed by atoms with Crippen molar-refractivity contribution in [3.8, 4) is 11.5 Å². The van der Waals surface area contributed by atoms with Gasteiger partial charge in [0.2, 0.25) is 5.91 Å². The summed E-state index contributed by atoms with van der Waals surface area (Å²) in [6.07, 6.45) is 1.45. The van der Waals surface area contributed by atoms with Gasteiger partial charge in [0.1, 0.15) is 0 Å². The molecule has 0 saturated carbocycles. The maximum atomic E-state index is 12.4. The number of nitrogens with zero attached hydrogens (tertiary/aromatic N) is 1. The normalized spacial score (nSPS) is 15.3. The van der Waals surface area contributed by atoms with E-state index in [2.05, 4.69) is 24.1 Å². The van der Waals surface area contributed by atoms with Crippen molar-refractivity contribution in [1.29, 1.82) is 0 Å². The highest BCUT2D eigenvalue weighted by Crippen LogP contribution is 2.38. The molecule has 1 N–H and O–H groups in total. The van der Waals surface area contributed by atoms with Gasteiger partial charge in [-0.3, -0.25) is 9.59 Å². The van der Waals surface area contributed by atoms with Gasteiger partial charge in [-0.1, -0.05) is 31.3 Å². The van der Waals surface area contributed by atoms with Gasteiger partial charge < -0.3 is 14.8 Å². The largest absolute Gasteiger partial charge is 0.493 e. The number of carbonyl (C=O) groups excluding carboxylic acids is 2. The first-order valence-electron chi connectivity index (χ1n) is 8.35. The van der Waals surface area contributed by atoms with Crippen LogP contribution in [0.4, 0.5) is 5.13 Å². The number of methoxy groups -OCH3 is 2. The minimum Gasteiger partial charge on any atom is -0.493 e. The maximum absolute atomic E-state index is 12.4. The molecule has 6 nitrogen and oxygen atoms in total. The van der Waals surface area contributed by atoms with Crippen molar-refractivity contribution >= 4 is 28.2 Å². The first-order valence-corrected chi connectivity index (χ1v) is 9.16. The molecular formula is C19H22N2O4S. The topological polar surface area (TPSA) is 77.5 Å². The SMILES string of the molecule is COc1ccc(CC(=O)Nc2nc3c(s2)C(=O)CC(C)(C)C3)cc1OC. The number of aromatic nitrogens is 1. The maximum Gasteiger partial charge on any atom is 0.230 e. The zero-order valence-corrected chi connectivity index (χ0v) is 16.2. The minimum atomic E-state index is -0.185. The van der Waals surface area contributed by atoms with Gasteiger partial charge >= 0.3 is 0 Å². The van der Waals surface area contributed by atoms with Crippen LogP contribution in [0.1, 0.15) is 41.2 Å². The second-order valence-corrected chi connectivity index (χ2v) is 8.15. The van der Waals surface area contributed by atoms with Crippen LogP contribution in [0.5, 0.6) is 11.5 Å². The van der Waals surface area contributed by atoms with Gasteiger partial charge in [-0.15, -0.1) is 0 Å². The van der Waals surface area contributed by atoms with Crippen molar-refractivity contribution < 1.29 is 19.1 Å². The summed E-state index contributed by atoms with van der Waals surface area (Å²) in [4.78, 5) is 29.7. The number of ketones is 1. The Hall–Kier alpha value is -2.41. The van der Waals surface area contributed by atoms with E-state index in [0.29, 0.717) is 27.9 Å². The molecule has 0 spiro atoms. The van der Waals surface area contributed by atoms with Crippen LogP contribution in [0.3, 0.4) is 0 Å². The molecule has 1 aromatic heterocycles. The van der Waals surface area contributed by atoms with Gasteiger partial charge in [-0.25, -0.2) is 4.98 Å². The van der Waals surface area contributed by atoms with Crippen LogP contribution in [-0.4, -0.2) is 30.9 Å². The molecule has 7 heteroatoms. The Labute approximate surface area is 156 Å². The molecule has 0 fully saturated rings. The van der Waals surface area contributed by atoms with Crippen LogP contribution in [0.25, 0.3) is 0 Å². The molecule has 0 unspecified atom stereocenters. The summed E-state index contributed by atoms with van der Waals surface area (Å²) in [5.41, 5.74) is 1.51. The van der Waals surface area contributed by atoms with E-state index in [0.717, 1.165) is 17.7 Å². The summed E-state index contributed by atoms with van der Waals surface area (Å²) in [5.74, 6) is 1.12. The summed E-state index contributed by atoms with van der Waals surface area (Å²) in [5, 5.41) is 3.28. The number of Topliss-reactive ketones (excluding diaryl/α,β-unsaturated/α-hetero) is 1. The van der Waals surface area contributed by atoms with Crippen LogP contribution in [0.2, 0.25) is 0 Å². The van der Waals surface area contributed by atoms with Crippen molar-refractivity contribution in [2.45, 2.75) is 33.1 Å². The second-order valence-electron chi connectivity index (χ2n) is 7.15. The molecule has 138 valence electrons. The van der Waals surface area contributed by atoms with Crippen molar-refractivity contribution in [2.24, 2.45) is 5.41 Å². The molecule has 0 bridgehead atoms. The highest BCUT2D eigenvalue weighted by Gasteiger charge is 2.34. The molecule has 0 atom stereocenters. The highest BCUT2D eigenvalue weighted by molar-refractivity contribution is 7.17. The molecule has 2 aromatic rings. The smallest absolute Gasteiger partial charge is 0.230 e. The van der Waals surface area contributed by atoms with E-state index in [1.165, 1.54) is 11.3 Å². The fraction of sp³-hybridized carbons (Fsp3) is 0.421. The second kappa shape index (κ2) is 7.07. The number of fused-ring (bicyclic) bond motifs is 1. The van der Waals surface area contributed by atoms with Gasteiger partial charge in [0, 0.05) is 6.42 Å². The number of thiazole rings is 1. The zero-order valence-electron chi connectivity index (χ0n) is 15.3. The number of ether oxygens (including phenoxy) is 2. The lowest BCUT2D eigenvalue weighted by molar-refractivity contribution is -0.115. The number of anilines is 1. The van der Waals surface area contributed by atoms with Crippen molar-refractivity contribution in [3.63, 3.8) is 0 Å². The first-order chi connectivity index (χ1) is 12.3. The van der Waals surface area contributed by atoms with Crippen LogP contribution in [0, 0.1) is 5.41 Å². The molecule has 1 aromatic carbocycles. The molecule has 1 heterocycles. The average molecular weight is 374 g/mol. The van der Waals surface area contributed by atoms with Gasteiger partial charge in [0.15, 0.2) is 22.4 Å². The molecular weight excluding hydrogens is 352 g/mol. The van der Waals surface area contributed by atoms with Crippen LogP contribution in [-0.2, 0) is 17.6 Å². The number of amides is 1. The Morgan fingerprint density at radius 2 is 1.96 bits per heavy atom. The predicted octanol–water partition coefficient (Wildman–Crippen LogP) is 3.50. The Balaban J connectivity index is 1.71. The molecule has 0 aliphatic heterocycles. The minimum absolute atomic E-state index is 0.0842. The van der Waals surface area contributed by atoms with Gasteiger partial charge in [-0.05, 0) is 29.5 Å². The number of hydrogen-bond acceptors (Lipinski definition) is 6. The van der Waals surface area contributed by atoms with Crippen LogP contribution in [0.15, 0.2) is 18.2 Å². The Morgan fingerprint density at radius 3 is 2.65 bits per heavy atom. The Bertz CT molecular complexity index is 857. The van der Waals surface area contributed by atoms with Gasteiger partial charge in [0.25, 0.3) is 0 Å². The lowest BCUT2D eigenvalue weighted by Gasteiger charge is -2.26. The fourth-order valence-electron chi connectivity index (χ4n) is 3.11. The lowest BCUT2D eigenvalue weighted by atomic mass is 9.78. The van der Waals surface area contributed by atoms with Crippen LogP contribution < -0.4 is 14.8 Å². The van der Waals surface area contributed by atoms with Gasteiger partial charge in [-0.2, -0.15) is 0 Å². The van der Waals surface area contributed by atoms with E-state index in [1.807, 2.05) is 6.07 Å². The molecule has 3 rings (SSSR count). The number of nitrogens with one attached hydrogen (secondary N) is 1. The van der Waals surface area contributed by atoms with E-state index < -0.39 is 0 Å². The quantitative estimate of drug-likeness (QED) is 0.867. The fourth-order valence-corrected chi connectivity index (χ4v) is 4.05. The molecule has 1 amide bonds. The molecule has 1 aliphatic carbocycles. The van der Waals surface area contributed by atoms with Crippen molar-refractivity contribution in [1.82, 2.24) is 4.98 Å². The highest BCUT2D eigenvalue weighted by atomic mass is 32.1. The predicted molar refractivity (Wildman–Crippen MR) is 100 cm³/mol. The Kier molecular flexibility index (Phi) is 5.00. The molecule has 0 radical (unpaired) electrons. The van der Waals surface area contributed by atoms with E-state index in [-0.39, 0.29) is 23.5 Å². The van der Waals surface area contributed by atoms with E-state index >= 15 is 0 Å². The van der Waals surface area contributed by atoms with Gasteiger partial charge in [0.05, 0.1) is 31.2 Å². The van der Waals surface area contributed by atoms with E-state index in [9.17, 15) is 9.59 Å². The third kappa shape index (κ3) is 3.88. The molecule has 0 saturated heterocycles.